The monoisotopic (exact) mass is 649 g/mol. The van der Waals surface area contributed by atoms with E-state index in [1.54, 1.807) is 18.2 Å². The van der Waals surface area contributed by atoms with Gasteiger partial charge in [0.2, 0.25) is 15.9 Å². The van der Waals surface area contributed by atoms with Crippen molar-refractivity contribution in [2.75, 3.05) is 23.1 Å². The van der Waals surface area contributed by atoms with Crippen molar-refractivity contribution in [1.82, 2.24) is 4.31 Å². The minimum absolute atomic E-state index is 0.126. The van der Waals surface area contributed by atoms with Crippen LogP contribution in [-0.2, 0) is 36.8 Å². The molecule has 0 aromatic heterocycles. The summed E-state index contributed by atoms with van der Waals surface area (Å²) in [6.07, 6.45) is -4.08. The largest absolute Gasteiger partial charge is 0.416 e. The lowest BCUT2D eigenvalue weighted by molar-refractivity contribution is -0.137. The van der Waals surface area contributed by atoms with Crippen LogP contribution in [0.25, 0.3) is 0 Å². The summed E-state index contributed by atoms with van der Waals surface area (Å²) in [5.74, 6) is -1.19. The SMILES string of the molecule is O=C(Nc1ccc(S(=O)(=O)Nc2cccc(C(F)(F)F)c2)cc1)C1CCN(S(=O)(=O)Cc2c(Cl)cccc2Cl)CC1. The number of carbonyl (C=O) groups is 1. The zero-order valence-electron chi connectivity index (χ0n) is 21.2. The molecule has 8 nitrogen and oxygen atoms in total. The maximum Gasteiger partial charge on any atom is 0.416 e. The highest BCUT2D eigenvalue weighted by Crippen LogP contribution is 2.32. The van der Waals surface area contributed by atoms with E-state index in [0.29, 0.717) is 17.3 Å². The van der Waals surface area contributed by atoms with Crippen molar-refractivity contribution in [3.63, 3.8) is 0 Å². The number of halogens is 5. The number of rotatable bonds is 8. The summed E-state index contributed by atoms with van der Waals surface area (Å²) in [6.45, 7) is 0.252. The van der Waals surface area contributed by atoms with Crippen LogP contribution in [0.4, 0.5) is 24.5 Å². The Balaban J connectivity index is 1.34. The third kappa shape index (κ3) is 7.72. The molecule has 1 heterocycles. The lowest BCUT2D eigenvalue weighted by atomic mass is 9.97. The predicted molar refractivity (Wildman–Crippen MR) is 151 cm³/mol. The van der Waals surface area contributed by atoms with E-state index in [2.05, 4.69) is 10.0 Å². The molecule has 0 radical (unpaired) electrons. The number of hydrogen-bond donors (Lipinski definition) is 2. The second-order valence-corrected chi connectivity index (χ2v) is 13.8. The van der Waals surface area contributed by atoms with Crippen LogP contribution in [0.15, 0.2) is 71.6 Å². The lowest BCUT2D eigenvalue weighted by Gasteiger charge is -2.30. The molecule has 220 valence electrons. The van der Waals surface area contributed by atoms with Gasteiger partial charge < -0.3 is 5.32 Å². The van der Waals surface area contributed by atoms with Gasteiger partial charge in [-0.1, -0.05) is 35.3 Å². The van der Waals surface area contributed by atoms with Gasteiger partial charge in [0, 0.05) is 46.0 Å². The first-order chi connectivity index (χ1) is 19.2. The first-order valence-electron chi connectivity index (χ1n) is 12.2. The highest BCUT2D eigenvalue weighted by molar-refractivity contribution is 7.92. The average molecular weight is 651 g/mol. The Morgan fingerprint density at radius 2 is 1.46 bits per heavy atom. The number of sulfonamides is 2. The fourth-order valence-electron chi connectivity index (χ4n) is 4.27. The summed E-state index contributed by atoms with van der Waals surface area (Å²) in [5, 5.41) is 3.19. The lowest BCUT2D eigenvalue weighted by Crippen LogP contribution is -2.42. The third-order valence-corrected chi connectivity index (χ3v) is 10.4. The molecule has 0 atom stereocenters. The van der Waals surface area contributed by atoms with E-state index in [9.17, 15) is 34.8 Å². The summed E-state index contributed by atoms with van der Waals surface area (Å²) in [4.78, 5) is 12.6. The van der Waals surface area contributed by atoms with Crippen molar-refractivity contribution < 1.29 is 34.8 Å². The van der Waals surface area contributed by atoms with Crippen molar-refractivity contribution in [3.8, 4) is 0 Å². The Bertz CT molecular complexity index is 1620. The predicted octanol–water partition coefficient (Wildman–Crippen LogP) is 5.99. The molecular weight excluding hydrogens is 626 g/mol. The van der Waals surface area contributed by atoms with Gasteiger partial charge in [-0.15, -0.1) is 0 Å². The normalized spacial score (nSPS) is 15.4. The Kier molecular flexibility index (Phi) is 9.24. The molecule has 0 aliphatic carbocycles. The number of amides is 1. The van der Waals surface area contributed by atoms with E-state index in [4.69, 9.17) is 23.2 Å². The fourth-order valence-corrected chi connectivity index (χ4v) is 7.64. The Hall–Kier alpha value is -2.84. The van der Waals surface area contributed by atoms with Gasteiger partial charge in [-0.05, 0) is 67.4 Å². The molecule has 1 amide bonds. The first kappa shape index (κ1) is 31.1. The summed E-state index contributed by atoms with van der Waals surface area (Å²) >= 11 is 12.2. The van der Waals surface area contributed by atoms with E-state index in [0.717, 1.165) is 12.1 Å². The summed E-state index contributed by atoms with van der Waals surface area (Å²) in [7, 11) is -7.92. The molecular formula is C26H24Cl2F3N3O5S2. The van der Waals surface area contributed by atoms with Crippen molar-refractivity contribution in [2.24, 2.45) is 5.92 Å². The van der Waals surface area contributed by atoms with Crippen molar-refractivity contribution >= 4 is 60.5 Å². The number of alkyl halides is 3. The maximum atomic E-state index is 12.9. The van der Waals surface area contributed by atoms with Gasteiger partial charge in [-0.2, -0.15) is 13.2 Å². The smallest absolute Gasteiger partial charge is 0.326 e. The molecule has 0 unspecified atom stereocenters. The molecule has 3 aromatic rings. The van der Waals surface area contributed by atoms with Crippen molar-refractivity contribution in [3.05, 3.63) is 87.9 Å². The Labute approximate surface area is 245 Å². The van der Waals surface area contributed by atoms with Crippen LogP contribution in [-0.4, -0.2) is 40.1 Å². The second-order valence-electron chi connectivity index (χ2n) is 9.33. The summed E-state index contributed by atoms with van der Waals surface area (Å²) < 4.78 is 93.4. The van der Waals surface area contributed by atoms with Gasteiger partial charge in [0.25, 0.3) is 10.0 Å². The van der Waals surface area contributed by atoms with Crippen LogP contribution in [0, 0.1) is 5.92 Å². The minimum atomic E-state index is -4.63. The highest BCUT2D eigenvalue weighted by Gasteiger charge is 2.33. The van der Waals surface area contributed by atoms with Gasteiger partial charge in [0.05, 0.1) is 16.2 Å². The summed E-state index contributed by atoms with van der Waals surface area (Å²) in [6, 6.07) is 13.7. The van der Waals surface area contributed by atoms with Gasteiger partial charge >= 0.3 is 6.18 Å². The van der Waals surface area contributed by atoms with E-state index in [-0.39, 0.29) is 58.2 Å². The minimum Gasteiger partial charge on any atom is -0.326 e. The van der Waals surface area contributed by atoms with E-state index in [1.807, 2.05) is 0 Å². The fraction of sp³-hybridized carbons (Fsp3) is 0.269. The van der Waals surface area contributed by atoms with Gasteiger partial charge in [0.1, 0.15) is 0 Å². The van der Waals surface area contributed by atoms with E-state index >= 15 is 0 Å². The topological polar surface area (TPSA) is 113 Å². The number of hydrogen-bond acceptors (Lipinski definition) is 5. The molecule has 0 saturated carbocycles. The molecule has 0 spiro atoms. The molecule has 15 heteroatoms. The number of piperidine rings is 1. The Morgan fingerprint density at radius 1 is 0.878 bits per heavy atom. The van der Waals surface area contributed by atoms with E-state index < -0.39 is 37.7 Å². The molecule has 2 N–H and O–H groups in total. The standard InChI is InChI=1S/C26H24Cl2F3N3O5S2/c27-23-5-2-6-24(28)22(23)16-40(36,37)34-13-11-17(12-14-34)25(35)32-19-7-9-21(10-8-19)41(38,39)33-20-4-1-3-18(15-20)26(29,30)31/h1-10,15,17,33H,11-14,16H2,(H,32,35). The number of carbonyl (C=O) groups excluding carboxylic acids is 1. The molecule has 1 fully saturated rings. The average Bonchev–Trinajstić information content (AvgIpc) is 2.91. The molecule has 1 aliphatic heterocycles. The van der Waals surface area contributed by atoms with Crippen LogP contribution in [0.3, 0.4) is 0 Å². The van der Waals surface area contributed by atoms with Crippen molar-refractivity contribution in [2.45, 2.75) is 29.7 Å². The quantitative estimate of drug-likeness (QED) is 0.311. The molecule has 3 aromatic carbocycles. The molecule has 1 aliphatic rings. The number of nitrogens with one attached hydrogen (secondary N) is 2. The molecule has 1 saturated heterocycles. The van der Waals surface area contributed by atoms with Crippen LogP contribution in [0.5, 0.6) is 0 Å². The summed E-state index contributed by atoms with van der Waals surface area (Å²) in [5.41, 5.74) is -0.632. The maximum absolute atomic E-state index is 12.9. The van der Waals surface area contributed by atoms with Crippen LogP contribution in [0.1, 0.15) is 24.0 Å². The van der Waals surface area contributed by atoms with Gasteiger partial charge in [-0.3, -0.25) is 9.52 Å². The second kappa shape index (κ2) is 12.2. The number of benzene rings is 3. The molecule has 41 heavy (non-hydrogen) atoms. The van der Waals surface area contributed by atoms with Crippen LogP contribution < -0.4 is 10.0 Å². The molecule has 0 bridgehead atoms. The van der Waals surface area contributed by atoms with Crippen LogP contribution in [0.2, 0.25) is 10.0 Å². The number of nitrogens with zero attached hydrogens (tertiary/aromatic N) is 1. The number of anilines is 2. The zero-order valence-corrected chi connectivity index (χ0v) is 24.3. The van der Waals surface area contributed by atoms with Crippen LogP contribution >= 0.6 is 23.2 Å². The third-order valence-electron chi connectivity index (χ3n) is 6.48. The Morgan fingerprint density at radius 3 is 2.05 bits per heavy atom. The van der Waals surface area contributed by atoms with Gasteiger partial charge in [-0.25, -0.2) is 21.1 Å². The van der Waals surface area contributed by atoms with E-state index in [1.165, 1.54) is 34.6 Å². The first-order valence-corrected chi connectivity index (χ1v) is 16.0. The van der Waals surface area contributed by atoms with Crippen molar-refractivity contribution in [1.29, 1.82) is 0 Å². The molecule has 4 rings (SSSR count). The zero-order chi connectivity index (χ0) is 30.0. The highest BCUT2D eigenvalue weighted by atomic mass is 35.5. The van der Waals surface area contributed by atoms with Gasteiger partial charge in [0.15, 0.2) is 0 Å².